The number of piperidine rings is 1. The Bertz CT molecular complexity index is 598. The summed E-state index contributed by atoms with van der Waals surface area (Å²) in [6.07, 6.45) is 5.16. The van der Waals surface area contributed by atoms with Gasteiger partial charge in [0.25, 0.3) is 5.91 Å². The maximum absolute atomic E-state index is 12.1. The Balaban J connectivity index is 2.21. The molecular weight excluding hydrogens is 298 g/mol. The van der Waals surface area contributed by atoms with Gasteiger partial charge < -0.3 is 14.2 Å². The molecule has 1 aromatic rings. The van der Waals surface area contributed by atoms with Crippen LogP contribution in [0.3, 0.4) is 0 Å². The smallest absolute Gasteiger partial charge is 0.253 e. The maximum atomic E-state index is 12.1. The third kappa shape index (κ3) is 3.83. The Hall–Kier alpha value is -2.50. The van der Waals surface area contributed by atoms with Crippen molar-refractivity contribution in [1.29, 1.82) is 0 Å². The Kier molecular flexibility index (Phi) is 5.62. The van der Waals surface area contributed by atoms with Crippen LogP contribution in [-0.2, 0) is 9.59 Å². The van der Waals surface area contributed by atoms with E-state index >= 15 is 0 Å². The SMILES string of the molecule is COc1cc(/C=C/C(=O)N2CCCCC2=O)cc(OC)c1OC. The molecule has 1 aromatic carbocycles. The first-order chi connectivity index (χ1) is 11.1. The molecule has 1 aliphatic rings. The van der Waals surface area contributed by atoms with E-state index in [0.29, 0.717) is 30.2 Å². The van der Waals surface area contributed by atoms with E-state index in [9.17, 15) is 9.59 Å². The van der Waals surface area contributed by atoms with Crippen molar-refractivity contribution < 1.29 is 23.8 Å². The van der Waals surface area contributed by atoms with Gasteiger partial charge in [0.15, 0.2) is 11.5 Å². The number of benzene rings is 1. The van der Waals surface area contributed by atoms with Crippen molar-refractivity contribution in [1.82, 2.24) is 4.90 Å². The number of hydrogen-bond acceptors (Lipinski definition) is 5. The van der Waals surface area contributed by atoms with Gasteiger partial charge in [0, 0.05) is 19.0 Å². The van der Waals surface area contributed by atoms with Gasteiger partial charge in [-0.3, -0.25) is 14.5 Å². The lowest BCUT2D eigenvalue weighted by Crippen LogP contribution is -2.39. The number of methoxy groups -OCH3 is 3. The molecule has 6 heteroatoms. The first-order valence-electron chi connectivity index (χ1n) is 7.43. The second-order valence-corrected chi connectivity index (χ2v) is 5.13. The molecular formula is C17H21NO5. The van der Waals surface area contributed by atoms with Crippen LogP contribution in [0, 0.1) is 0 Å². The Morgan fingerprint density at radius 3 is 2.26 bits per heavy atom. The molecule has 1 aliphatic heterocycles. The average molecular weight is 319 g/mol. The molecule has 0 N–H and O–H groups in total. The third-order valence-electron chi connectivity index (χ3n) is 3.69. The molecule has 2 rings (SSSR count). The van der Waals surface area contributed by atoms with Crippen molar-refractivity contribution in [2.45, 2.75) is 19.3 Å². The normalized spacial score (nSPS) is 14.9. The first-order valence-corrected chi connectivity index (χ1v) is 7.43. The molecule has 124 valence electrons. The number of imide groups is 1. The summed E-state index contributed by atoms with van der Waals surface area (Å²) in [5.41, 5.74) is 0.720. The second-order valence-electron chi connectivity index (χ2n) is 5.13. The van der Waals surface area contributed by atoms with Gasteiger partial charge in [-0.05, 0) is 36.6 Å². The highest BCUT2D eigenvalue weighted by atomic mass is 16.5. The lowest BCUT2D eigenvalue weighted by Gasteiger charge is -2.23. The van der Waals surface area contributed by atoms with Crippen LogP contribution >= 0.6 is 0 Å². The molecule has 0 radical (unpaired) electrons. The van der Waals surface area contributed by atoms with E-state index in [0.717, 1.165) is 18.4 Å². The highest BCUT2D eigenvalue weighted by molar-refractivity contribution is 6.03. The van der Waals surface area contributed by atoms with Gasteiger partial charge in [0.2, 0.25) is 11.7 Å². The van der Waals surface area contributed by atoms with E-state index in [4.69, 9.17) is 14.2 Å². The van der Waals surface area contributed by atoms with Crippen molar-refractivity contribution >= 4 is 17.9 Å². The first kappa shape index (κ1) is 16.9. The van der Waals surface area contributed by atoms with Crippen LogP contribution in [0.5, 0.6) is 17.2 Å². The van der Waals surface area contributed by atoms with Crippen LogP contribution in [0.15, 0.2) is 18.2 Å². The van der Waals surface area contributed by atoms with Crippen LogP contribution in [0.25, 0.3) is 6.08 Å². The number of amides is 2. The summed E-state index contributed by atoms with van der Waals surface area (Å²) < 4.78 is 15.8. The quantitative estimate of drug-likeness (QED) is 0.779. The molecule has 0 aromatic heterocycles. The van der Waals surface area contributed by atoms with Crippen LogP contribution in [0.4, 0.5) is 0 Å². The average Bonchev–Trinajstić information content (AvgIpc) is 2.58. The van der Waals surface area contributed by atoms with Gasteiger partial charge in [-0.25, -0.2) is 0 Å². The summed E-state index contributed by atoms with van der Waals surface area (Å²) in [6.45, 7) is 0.483. The van der Waals surface area contributed by atoms with Gasteiger partial charge in [-0.15, -0.1) is 0 Å². The molecule has 1 heterocycles. The Morgan fingerprint density at radius 1 is 1.09 bits per heavy atom. The van der Waals surface area contributed by atoms with Crippen molar-refractivity contribution in [2.24, 2.45) is 0 Å². The fourth-order valence-corrected chi connectivity index (χ4v) is 2.49. The number of likely N-dealkylation sites (tertiary alicyclic amines) is 1. The molecule has 2 amide bonds. The standard InChI is InChI=1S/C17H21NO5/c1-21-13-10-12(11-14(22-2)17(13)23-3)7-8-16(20)18-9-5-4-6-15(18)19/h7-8,10-11H,4-6,9H2,1-3H3/b8-7+. The van der Waals surface area contributed by atoms with E-state index in [2.05, 4.69) is 0 Å². The van der Waals surface area contributed by atoms with Gasteiger partial charge >= 0.3 is 0 Å². The van der Waals surface area contributed by atoms with Crippen molar-refractivity contribution in [3.63, 3.8) is 0 Å². The molecule has 23 heavy (non-hydrogen) atoms. The number of hydrogen-bond donors (Lipinski definition) is 0. The lowest BCUT2D eigenvalue weighted by atomic mass is 10.1. The van der Waals surface area contributed by atoms with Crippen molar-refractivity contribution in [2.75, 3.05) is 27.9 Å². The summed E-state index contributed by atoms with van der Waals surface area (Å²) in [7, 11) is 4.59. The monoisotopic (exact) mass is 319 g/mol. The highest BCUT2D eigenvalue weighted by Crippen LogP contribution is 2.38. The predicted octanol–water partition coefficient (Wildman–Crippen LogP) is 2.26. The minimum Gasteiger partial charge on any atom is -0.493 e. The number of carbonyl (C=O) groups excluding carboxylic acids is 2. The number of nitrogens with zero attached hydrogens (tertiary/aromatic N) is 1. The van der Waals surface area contributed by atoms with Crippen molar-refractivity contribution in [3.05, 3.63) is 23.8 Å². The zero-order valence-electron chi connectivity index (χ0n) is 13.6. The molecule has 0 saturated carbocycles. The number of rotatable bonds is 5. The van der Waals surface area contributed by atoms with Crippen LogP contribution in [-0.4, -0.2) is 44.6 Å². The summed E-state index contributed by atoms with van der Waals surface area (Å²) in [5, 5.41) is 0. The van der Waals surface area contributed by atoms with E-state index in [1.807, 2.05) is 0 Å². The van der Waals surface area contributed by atoms with Gasteiger partial charge in [0.05, 0.1) is 21.3 Å². The van der Waals surface area contributed by atoms with Gasteiger partial charge in [-0.2, -0.15) is 0 Å². The maximum Gasteiger partial charge on any atom is 0.253 e. The zero-order valence-corrected chi connectivity index (χ0v) is 13.6. The third-order valence-corrected chi connectivity index (χ3v) is 3.69. The predicted molar refractivity (Wildman–Crippen MR) is 85.7 cm³/mol. The van der Waals surface area contributed by atoms with Crippen LogP contribution in [0.1, 0.15) is 24.8 Å². The molecule has 0 atom stereocenters. The minimum atomic E-state index is -0.302. The van der Waals surface area contributed by atoms with Crippen LogP contribution in [0.2, 0.25) is 0 Å². The Labute approximate surface area is 135 Å². The summed E-state index contributed by atoms with van der Waals surface area (Å²) in [6, 6.07) is 3.48. The van der Waals surface area contributed by atoms with Crippen LogP contribution < -0.4 is 14.2 Å². The summed E-state index contributed by atoms with van der Waals surface area (Å²) in [5.74, 6) is 1.09. The fraction of sp³-hybridized carbons (Fsp3) is 0.412. The Morgan fingerprint density at radius 2 is 1.74 bits per heavy atom. The largest absolute Gasteiger partial charge is 0.493 e. The van der Waals surface area contributed by atoms with Gasteiger partial charge in [0.1, 0.15) is 0 Å². The lowest BCUT2D eigenvalue weighted by molar-refractivity contribution is -0.143. The van der Waals surface area contributed by atoms with E-state index in [1.165, 1.54) is 32.3 Å². The summed E-state index contributed by atoms with van der Waals surface area (Å²) in [4.78, 5) is 25.2. The molecule has 0 unspecified atom stereocenters. The van der Waals surface area contributed by atoms with Crippen molar-refractivity contribution in [3.8, 4) is 17.2 Å². The fourth-order valence-electron chi connectivity index (χ4n) is 2.49. The molecule has 6 nitrogen and oxygen atoms in total. The summed E-state index contributed by atoms with van der Waals surface area (Å²) >= 11 is 0. The molecule has 1 saturated heterocycles. The molecule has 0 bridgehead atoms. The minimum absolute atomic E-state index is 0.115. The molecule has 0 spiro atoms. The zero-order chi connectivity index (χ0) is 16.8. The number of carbonyl (C=O) groups is 2. The number of ether oxygens (including phenoxy) is 3. The highest BCUT2D eigenvalue weighted by Gasteiger charge is 2.22. The molecule has 1 fully saturated rings. The molecule has 0 aliphatic carbocycles. The second kappa shape index (κ2) is 7.67. The van der Waals surface area contributed by atoms with E-state index in [1.54, 1.807) is 18.2 Å². The van der Waals surface area contributed by atoms with E-state index < -0.39 is 0 Å². The van der Waals surface area contributed by atoms with E-state index in [-0.39, 0.29) is 11.8 Å². The topological polar surface area (TPSA) is 65.1 Å². The van der Waals surface area contributed by atoms with Gasteiger partial charge in [-0.1, -0.05) is 0 Å².